The third-order valence-corrected chi connectivity index (χ3v) is 3.56. The molecule has 1 unspecified atom stereocenters. The predicted octanol–water partition coefficient (Wildman–Crippen LogP) is 4.15. The number of nitrogens with one attached hydrogen (secondary N) is 1. The Balaban J connectivity index is 2.20. The van der Waals surface area contributed by atoms with E-state index >= 15 is 0 Å². The molecule has 1 atom stereocenters. The number of rotatable bonds is 4. The summed E-state index contributed by atoms with van der Waals surface area (Å²) in [5.41, 5.74) is 3.99. The average molecular weight is 260 g/mol. The van der Waals surface area contributed by atoms with Crippen molar-refractivity contribution in [3.8, 4) is 0 Å². The molecule has 2 heteroatoms. The molecule has 0 amide bonds. The molecule has 18 heavy (non-hydrogen) atoms. The van der Waals surface area contributed by atoms with Crippen LogP contribution in [0.3, 0.4) is 0 Å². The average Bonchev–Trinajstić information content (AvgIpc) is 2.39. The maximum absolute atomic E-state index is 5.92. The molecule has 0 saturated heterocycles. The Bertz CT molecular complexity index is 505. The van der Waals surface area contributed by atoms with Crippen molar-refractivity contribution in [3.05, 3.63) is 70.2 Å². The summed E-state index contributed by atoms with van der Waals surface area (Å²) in [5.74, 6) is 0. The number of aryl methyl sites for hydroxylation is 1. The molecule has 2 aromatic carbocycles. The zero-order valence-electron chi connectivity index (χ0n) is 10.8. The smallest absolute Gasteiger partial charge is 0.0406 e. The van der Waals surface area contributed by atoms with E-state index in [1.165, 1.54) is 16.7 Å². The third-order valence-electron chi connectivity index (χ3n) is 3.31. The van der Waals surface area contributed by atoms with E-state index in [1.54, 1.807) is 0 Å². The van der Waals surface area contributed by atoms with Crippen LogP contribution in [0.5, 0.6) is 0 Å². The first-order valence-electron chi connectivity index (χ1n) is 6.18. The molecule has 0 heterocycles. The molecule has 2 rings (SSSR count). The Morgan fingerprint density at radius 3 is 2.33 bits per heavy atom. The van der Waals surface area contributed by atoms with E-state index in [9.17, 15) is 0 Å². The van der Waals surface area contributed by atoms with Crippen molar-refractivity contribution in [3.63, 3.8) is 0 Å². The van der Waals surface area contributed by atoms with E-state index < -0.39 is 0 Å². The highest BCUT2D eigenvalue weighted by atomic mass is 35.5. The summed E-state index contributed by atoms with van der Waals surface area (Å²) in [4.78, 5) is 0. The van der Waals surface area contributed by atoms with Crippen LogP contribution in [0.4, 0.5) is 0 Å². The zero-order valence-corrected chi connectivity index (χ0v) is 11.5. The first-order chi connectivity index (χ1) is 8.70. The van der Waals surface area contributed by atoms with E-state index in [0.29, 0.717) is 6.04 Å². The monoisotopic (exact) mass is 259 g/mol. The lowest BCUT2D eigenvalue weighted by Crippen LogP contribution is -2.19. The van der Waals surface area contributed by atoms with Crippen LogP contribution >= 0.6 is 11.6 Å². The number of halogens is 1. The van der Waals surface area contributed by atoms with Crippen molar-refractivity contribution in [2.75, 3.05) is 7.05 Å². The standard InChI is InChI=1S/C16H18ClN/c1-12-5-3-4-6-14(12)11-16(18-2)13-7-9-15(17)10-8-13/h3-10,16,18H,11H2,1-2H3. The number of hydrogen-bond donors (Lipinski definition) is 1. The highest BCUT2D eigenvalue weighted by molar-refractivity contribution is 6.30. The maximum atomic E-state index is 5.92. The van der Waals surface area contributed by atoms with Crippen molar-refractivity contribution < 1.29 is 0 Å². The first kappa shape index (κ1) is 13.1. The second-order valence-electron chi connectivity index (χ2n) is 4.52. The topological polar surface area (TPSA) is 12.0 Å². The van der Waals surface area contributed by atoms with Crippen LogP contribution in [-0.4, -0.2) is 7.05 Å². The second kappa shape index (κ2) is 6.03. The minimum atomic E-state index is 0.323. The first-order valence-corrected chi connectivity index (χ1v) is 6.55. The molecule has 0 aliphatic carbocycles. The Morgan fingerprint density at radius 1 is 1.06 bits per heavy atom. The van der Waals surface area contributed by atoms with E-state index in [-0.39, 0.29) is 0 Å². The van der Waals surface area contributed by atoms with Crippen LogP contribution in [-0.2, 0) is 6.42 Å². The summed E-state index contributed by atoms with van der Waals surface area (Å²) >= 11 is 5.92. The Morgan fingerprint density at radius 2 is 1.72 bits per heavy atom. The molecule has 0 aliphatic heterocycles. The number of likely N-dealkylation sites (N-methyl/N-ethyl adjacent to an activating group) is 1. The van der Waals surface area contributed by atoms with Crippen molar-refractivity contribution >= 4 is 11.6 Å². The summed E-state index contributed by atoms with van der Waals surface area (Å²) in [5, 5.41) is 4.15. The SMILES string of the molecule is CNC(Cc1ccccc1C)c1ccc(Cl)cc1. The summed E-state index contributed by atoms with van der Waals surface area (Å²) in [6.07, 6.45) is 0.991. The van der Waals surface area contributed by atoms with Gasteiger partial charge in [-0.3, -0.25) is 0 Å². The third kappa shape index (κ3) is 3.12. The van der Waals surface area contributed by atoms with Crippen LogP contribution < -0.4 is 5.32 Å². The molecule has 0 radical (unpaired) electrons. The largest absolute Gasteiger partial charge is 0.313 e. The molecule has 1 nitrogen and oxygen atoms in total. The summed E-state index contributed by atoms with van der Waals surface area (Å²) in [7, 11) is 2.00. The van der Waals surface area contributed by atoms with E-state index in [0.717, 1.165) is 11.4 Å². The second-order valence-corrected chi connectivity index (χ2v) is 4.96. The van der Waals surface area contributed by atoms with Gasteiger partial charge in [-0.25, -0.2) is 0 Å². The summed E-state index contributed by atoms with van der Waals surface area (Å²) in [6.45, 7) is 2.16. The van der Waals surface area contributed by atoms with Crippen LogP contribution in [0.25, 0.3) is 0 Å². The fourth-order valence-corrected chi connectivity index (χ4v) is 2.27. The predicted molar refractivity (Wildman–Crippen MR) is 78.1 cm³/mol. The quantitative estimate of drug-likeness (QED) is 0.870. The van der Waals surface area contributed by atoms with Crippen LogP contribution in [0, 0.1) is 6.92 Å². The van der Waals surface area contributed by atoms with E-state index in [4.69, 9.17) is 11.6 Å². The van der Waals surface area contributed by atoms with Crippen molar-refractivity contribution in [2.24, 2.45) is 0 Å². The molecule has 0 aromatic heterocycles. The molecule has 0 aliphatic rings. The fraction of sp³-hybridized carbons (Fsp3) is 0.250. The minimum Gasteiger partial charge on any atom is -0.313 e. The summed E-state index contributed by atoms with van der Waals surface area (Å²) < 4.78 is 0. The summed E-state index contributed by atoms with van der Waals surface area (Å²) in [6, 6.07) is 16.9. The van der Waals surface area contributed by atoms with Gasteiger partial charge in [0.2, 0.25) is 0 Å². The Hall–Kier alpha value is -1.31. The van der Waals surface area contributed by atoms with Gasteiger partial charge in [-0.1, -0.05) is 48.0 Å². The molecule has 94 valence electrons. The molecule has 1 N–H and O–H groups in total. The fourth-order valence-electron chi connectivity index (χ4n) is 2.14. The lowest BCUT2D eigenvalue weighted by atomic mass is 9.96. The number of hydrogen-bond acceptors (Lipinski definition) is 1. The maximum Gasteiger partial charge on any atom is 0.0406 e. The van der Waals surface area contributed by atoms with Crippen LogP contribution in [0.15, 0.2) is 48.5 Å². The lowest BCUT2D eigenvalue weighted by molar-refractivity contribution is 0.590. The van der Waals surface area contributed by atoms with Crippen LogP contribution in [0.2, 0.25) is 5.02 Å². The highest BCUT2D eigenvalue weighted by Gasteiger charge is 2.10. The van der Waals surface area contributed by atoms with Gasteiger partial charge in [0.1, 0.15) is 0 Å². The normalized spacial score (nSPS) is 12.4. The van der Waals surface area contributed by atoms with Gasteiger partial charge < -0.3 is 5.32 Å². The Kier molecular flexibility index (Phi) is 4.40. The van der Waals surface area contributed by atoms with Crippen molar-refractivity contribution in [2.45, 2.75) is 19.4 Å². The molecule has 2 aromatic rings. The van der Waals surface area contributed by atoms with Gasteiger partial charge in [-0.05, 0) is 49.2 Å². The molecular weight excluding hydrogens is 242 g/mol. The van der Waals surface area contributed by atoms with Gasteiger partial charge in [-0.2, -0.15) is 0 Å². The molecule has 0 fully saturated rings. The van der Waals surface area contributed by atoms with Crippen molar-refractivity contribution in [1.82, 2.24) is 5.32 Å². The molecular formula is C16H18ClN. The Labute approximate surface area is 114 Å². The molecule has 0 spiro atoms. The lowest BCUT2D eigenvalue weighted by Gasteiger charge is -2.18. The van der Waals surface area contributed by atoms with Gasteiger partial charge in [0.25, 0.3) is 0 Å². The molecule has 0 saturated carbocycles. The number of benzene rings is 2. The van der Waals surface area contributed by atoms with Gasteiger partial charge in [0, 0.05) is 11.1 Å². The van der Waals surface area contributed by atoms with Gasteiger partial charge >= 0.3 is 0 Å². The minimum absolute atomic E-state index is 0.323. The zero-order chi connectivity index (χ0) is 13.0. The van der Waals surface area contributed by atoms with Crippen molar-refractivity contribution in [1.29, 1.82) is 0 Å². The highest BCUT2D eigenvalue weighted by Crippen LogP contribution is 2.21. The van der Waals surface area contributed by atoms with E-state index in [2.05, 4.69) is 48.6 Å². The van der Waals surface area contributed by atoms with E-state index in [1.807, 2.05) is 19.2 Å². The molecule has 0 bridgehead atoms. The van der Waals surface area contributed by atoms with Gasteiger partial charge in [-0.15, -0.1) is 0 Å². The van der Waals surface area contributed by atoms with Gasteiger partial charge in [0.05, 0.1) is 0 Å². The van der Waals surface area contributed by atoms with Gasteiger partial charge in [0.15, 0.2) is 0 Å². The van der Waals surface area contributed by atoms with Crippen LogP contribution in [0.1, 0.15) is 22.7 Å².